The molecule has 1 atom stereocenters. The molecule has 8 heteroatoms. The monoisotopic (exact) mass is 435 g/mol. The molecule has 1 N–H and O–H groups in total. The van der Waals surface area contributed by atoms with E-state index in [4.69, 9.17) is 11.6 Å². The molecule has 154 valence electrons. The molecule has 31 heavy (non-hydrogen) atoms. The summed E-state index contributed by atoms with van der Waals surface area (Å²) in [5.74, 6) is -0.408. The van der Waals surface area contributed by atoms with Crippen LogP contribution >= 0.6 is 11.6 Å². The van der Waals surface area contributed by atoms with Gasteiger partial charge in [-0.05, 0) is 54.8 Å². The van der Waals surface area contributed by atoms with Gasteiger partial charge in [0.1, 0.15) is 17.6 Å². The van der Waals surface area contributed by atoms with Crippen LogP contribution in [-0.4, -0.2) is 21.5 Å². The fourth-order valence-electron chi connectivity index (χ4n) is 4.26. The van der Waals surface area contributed by atoms with Crippen LogP contribution in [0.3, 0.4) is 0 Å². The van der Waals surface area contributed by atoms with Gasteiger partial charge in [0.15, 0.2) is 5.82 Å². The van der Waals surface area contributed by atoms with Crippen LogP contribution in [0, 0.1) is 29.9 Å². The maximum atomic E-state index is 14.9. The number of H-pyrrole nitrogens is 1. The fourth-order valence-corrected chi connectivity index (χ4v) is 4.42. The number of anilines is 1. The third-order valence-electron chi connectivity index (χ3n) is 5.58. The number of aromatic amines is 1. The predicted molar refractivity (Wildman–Crippen MR) is 114 cm³/mol. The Bertz CT molecular complexity index is 1360. The van der Waals surface area contributed by atoms with Crippen LogP contribution in [0.1, 0.15) is 34.3 Å². The zero-order valence-corrected chi connectivity index (χ0v) is 17.2. The molecule has 3 heterocycles. The van der Waals surface area contributed by atoms with Crippen LogP contribution in [0.25, 0.3) is 10.9 Å². The van der Waals surface area contributed by atoms with Gasteiger partial charge in [-0.1, -0.05) is 23.7 Å². The first kappa shape index (κ1) is 19.5. The average molecular weight is 436 g/mol. The summed E-state index contributed by atoms with van der Waals surface area (Å²) >= 11 is 6.04. The average Bonchev–Trinajstić information content (AvgIpc) is 3.15. The standard InChI is InChI=1S/C23H16ClF2N5/c1-12-10-15(11-27)29-23(28-12)31-9-8-16-19-18(7-6-17(24)20(19)26)30-21(16)22(31)13-2-4-14(25)5-3-13/h2-7,10,22,30H,8-9H2,1H3. The van der Waals surface area contributed by atoms with Gasteiger partial charge in [0.05, 0.1) is 11.1 Å². The van der Waals surface area contributed by atoms with Crippen molar-refractivity contribution >= 4 is 28.5 Å². The van der Waals surface area contributed by atoms with Crippen LogP contribution in [0.15, 0.2) is 42.5 Å². The largest absolute Gasteiger partial charge is 0.356 e. The highest BCUT2D eigenvalue weighted by Gasteiger charge is 2.34. The van der Waals surface area contributed by atoms with E-state index in [1.807, 2.05) is 4.90 Å². The number of benzene rings is 2. The lowest BCUT2D eigenvalue weighted by Gasteiger charge is -2.36. The minimum Gasteiger partial charge on any atom is -0.356 e. The second-order valence-electron chi connectivity index (χ2n) is 7.51. The summed E-state index contributed by atoms with van der Waals surface area (Å²) in [6, 6.07) is 12.7. The van der Waals surface area contributed by atoms with Crippen molar-refractivity contribution in [1.29, 1.82) is 5.26 Å². The number of fused-ring (bicyclic) bond motifs is 3. The van der Waals surface area contributed by atoms with Crippen molar-refractivity contribution in [3.05, 3.63) is 87.3 Å². The normalized spacial score (nSPS) is 15.7. The van der Waals surface area contributed by atoms with Crippen molar-refractivity contribution in [1.82, 2.24) is 15.0 Å². The summed E-state index contributed by atoms with van der Waals surface area (Å²) in [6.07, 6.45) is 0.531. The van der Waals surface area contributed by atoms with E-state index in [0.29, 0.717) is 35.5 Å². The van der Waals surface area contributed by atoms with Gasteiger partial charge in [-0.25, -0.2) is 18.7 Å². The van der Waals surface area contributed by atoms with E-state index in [0.717, 1.165) is 16.8 Å². The van der Waals surface area contributed by atoms with E-state index < -0.39 is 11.9 Å². The number of hydrogen-bond donors (Lipinski definition) is 1. The number of aryl methyl sites for hydroxylation is 1. The molecule has 0 radical (unpaired) electrons. The Kier molecular flexibility index (Phi) is 4.60. The van der Waals surface area contributed by atoms with Crippen molar-refractivity contribution in [2.75, 3.05) is 11.4 Å². The molecule has 0 fully saturated rings. The molecule has 5 rings (SSSR count). The van der Waals surface area contributed by atoms with E-state index in [1.165, 1.54) is 18.2 Å². The summed E-state index contributed by atoms with van der Waals surface area (Å²) in [6.45, 7) is 2.29. The molecule has 2 aromatic carbocycles. The maximum absolute atomic E-state index is 14.9. The Labute approximate surface area is 181 Å². The van der Waals surface area contributed by atoms with Crippen molar-refractivity contribution in [3.63, 3.8) is 0 Å². The van der Waals surface area contributed by atoms with Gasteiger partial charge < -0.3 is 9.88 Å². The highest BCUT2D eigenvalue weighted by atomic mass is 35.5. The van der Waals surface area contributed by atoms with Gasteiger partial charge >= 0.3 is 0 Å². The minimum absolute atomic E-state index is 0.0655. The lowest BCUT2D eigenvalue weighted by atomic mass is 9.92. The molecule has 5 nitrogen and oxygen atoms in total. The zero-order chi connectivity index (χ0) is 21.7. The number of rotatable bonds is 2. The molecule has 1 unspecified atom stereocenters. The van der Waals surface area contributed by atoms with Gasteiger partial charge in [0, 0.05) is 28.8 Å². The van der Waals surface area contributed by atoms with Crippen LogP contribution in [0.4, 0.5) is 14.7 Å². The van der Waals surface area contributed by atoms with Crippen LogP contribution in [0.2, 0.25) is 5.02 Å². The molecule has 0 spiro atoms. The molecule has 0 saturated heterocycles. The minimum atomic E-state index is -0.457. The molecular weight excluding hydrogens is 420 g/mol. The summed E-state index contributed by atoms with van der Waals surface area (Å²) in [5, 5.41) is 9.88. The lowest BCUT2D eigenvalue weighted by Crippen LogP contribution is -2.37. The molecule has 0 aliphatic carbocycles. The van der Waals surface area contributed by atoms with E-state index >= 15 is 0 Å². The Hall–Kier alpha value is -3.50. The summed E-state index contributed by atoms with van der Waals surface area (Å²) in [5.41, 5.74) is 3.97. The highest BCUT2D eigenvalue weighted by molar-refractivity contribution is 6.31. The summed E-state index contributed by atoms with van der Waals surface area (Å²) < 4.78 is 28.5. The first-order valence-corrected chi connectivity index (χ1v) is 10.1. The number of nitrogens with one attached hydrogen (secondary N) is 1. The third kappa shape index (κ3) is 3.20. The number of nitrogens with zero attached hydrogens (tertiary/aromatic N) is 4. The van der Waals surface area contributed by atoms with Crippen LogP contribution in [0.5, 0.6) is 0 Å². The Balaban J connectivity index is 1.75. The maximum Gasteiger partial charge on any atom is 0.227 e. The second kappa shape index (κ2) is 7.33. The van der Waals surface area contributed by atoms with Crippen molar-refractivity contribution < 1.29 is 8.78 Å². The number of hydrogen-bond acceptors (Lipinski definition) is 4. The highest BCUT2D eigenvalue weighted by Crippen LogP contribution is 2.41. The lowest BCUT2D eigenvalue weighted by molar-refractivity contribution is 0.610. The fraction of sp³-hybridized carbons (Fsp3) is 0.174. The Morgan fingerprint density at radius 2 is 1.94 bits per heavy atom. The van der Waals surface area contributed by atoms with E-state index in [2.05, 4.69) is 21.0 Å². The first-order chi connectivity index (χ1) is 15.0. The molecule has 2 aromatic heterocycles. The smallest absolute Gasteiger partial charge is 0.227 e. The SMILES string of the molecule is Cc1cc(C#N)nc(N2CCc3c([nH]c4ccc(Cl)c(F)c34)C2c2ccc(F)cc2)n1. The molecule has 0 saturated carbocycles. The van der Waals surface area contributed by atoms with Gasteiger partial charge in [0.2, 0.25) is 5.95 Å². The summed E-state index contributed by atoms with van der Waals surface area (Å²) in [7, 11) is 0. The molecular formula is C23H16ClF2N5. The quantitative estimate of drug-likeness (QED) is 0.468. The summed E-state index contributed by atoms with van der Waals surface area (Å²) in [4.78, 5) is 14.2. The second-order valence-corrected chi connectivity index (χ2v) is 7.91. The van der Waals surface area contributed by atoms with Gasteiger partial charge in [0.25, 0.3) is 0 Å². The van der Waals surface area contributed by atoms with Gasteiger partial charge in [-0.2, -0.15) is 5.26 Å². The Morgan fingerprint density at radius 1 is 1.16 bits per heavy atom. The zero-order valence-electron chi connectivity index (χ0n) is 16.5. The number of halogens is 3. The van der Waals surface area contributed by atoms with Crippen LogP contribution < -0.4 is 4.90 Å². The van der Waals surface area contributed by atoms with Crippen molar-refractivity contribution in [2.45, 2.75) is 19.4 Å². The molecule has 0 amide bonds. The van der Waals surface area contributed by atoms with E-state index in [-0.39, 0.29) is 16.5 Å². The third-order valence-corrected chi connectivity index (χ3v) is 5.87. The van der Waals surface area contributed by atoms with Crippen LogP contribution in [-0.2, 0) is 6.42 Å². The number of nitriles is 1. The predicted octanol–water partition coefficient (Wildman–Crippen LogP) is 5.22. The number of aromatic nitrogens is 3. The topological polar surface area (TPSA) is 68.6 Å². The molecule has 1 aliphatic heterocycles. The molecule has 4 aromatic rings. The Morgan fingerprint density at radius 3 is 2.68 bits per heavy atom. The van der Waals surface area contributed by atoms with Crippen molar-refractivity contribution in [2.24, 2.45) is 0 Å². The van der Waals surface area contributed by atoms with E-state index in [9.17, 15) is 14.0 Å². The van der Waals surface area contributed by atoms with E-state index in [1.54, 1.807) is 31.2 Å². The molecule has 1 aliphatic rings. The first-order valence-electron chi connectivity index (χ1n) is 9.72. The van der Waals surface area contributed by atoms with Gasteiger partial charge in [-0.3, -0.25) is 0 Å². The molecule has 0 bridgehead atoms. The van der Waals surface area contributed by atoms with Crippen molar-refractivity contribution in [3.8, 4) is 6.07 Å². The van der Waals surface area contributed by atoms with Gasteiger partial charge in [-0.15, -0.1) is 0 Å².